The van der Waals surface area contributed by atoms with Crippen LogP contribution in [0.5, 0.6) is 5.75 Å². The fourth-order valence-electron chi connectivity index (χ4n) is 4.85. The van der Waals surface area contributed by atoms with Crippen molar-refractivity contribution in [2.24, 2.45) is 0 Å². The molecule has 2 amide bonds. The zero-order chi connectivity index (χ0) is 28.4. The predicted octanol–water partition coefficient (Wildman–Crippen LogP) is 6.74. The number of benzene rings is 2. The van der Waals surface area contributed by atoms with Gasteiger partial charge in [0.2, 0.25) is 5.91 Å². The number of likely N-dealkylation sites (tertiary alicyclic amines) is 1. The molecule has 7 nitrogen and oxygen atoms in total. The second-order valence-corrected chi connectivity index (χ2v) is 11.2. The number of rotatable bonds is 5. The number of hydrogen-bond donors (Lipinski definition) is 1. The van der Waals surface area contributed by atoms with Crippen LogP contribution in [0, 0.1) is 0 Å². The van der Waals surface area contributed by atoms with Crippen molar-refractivity contribution in [1.82, 2.24) is 4.90 Å². The van der Waals surface area contributed by atoms with Gasteiger partial charge in [0.1, 0.15) is 23.5 Å². The molecule has 0 aliphatic carbocycles. The van der Waals surface area contributed by atoms with E-state index in [1.54, 1.807) is 49.9 Å². The lowest BCUT2D eigenvalue weighted by Crippen LogP contribution is -2.51. The van der Waals surface area contributed by atoms with E-state index in [0.29, 0.717) is 37.4 Å². The smallest absolute Gasteiger partial charge is 0.418 e. The minimum absolute atomic E-state index is 0.128. The van der Waals surface area contributed by atoms with Crippen LogP contribution in [0.25, 0.3) is 0 Å². The third-order valence-electron chi connectivity index (χ3n) is 6.62. The van der Waals surface area contributed by atoms with Crippen molar-refractivity contribution in [3.8, 4) is 5.75 Å². The minimum atomic E-state index is -4.44. The van der Waals surface area contributed by atoms with Crippen LogP contribution in [0.15, 0.2) is 42.5 Å². The van der Waals surface area contributed by atoms with E-state index in [9.17, 15) is 22.8 Å². The molecule has 2 aromatic carbocycles. The molecule has 2 aliphatic rings. The lowest BCUT2D eigenvalue weighted by molar-refractivity contribution is -0.137. The first kappa shape index (κ1) is 28.9. The fourth-order valence-corrected chi connectivity index (χ4v) is 5.08. The number of amides is 2. The van der Waals surface area contributed by atoms with E-state index >= 15 is 0 Å². The van der Waals surface area contributed by atoms with E-state index in [0.717, 1.165) is 18.9 Å². The maximum absolute atomic E-state index is 13.4. The molecule has 2 aromatic rings. The Kier molecular flexibility index (Phi) is 8.54. The highest BCUT2D eigenvalue weighted by Gasteiger charge is 2.37. The van der Waals surface area contributed by atoms with Crippen molar-refractivity contribution in [3.63, 3.8) is 0 Å². The van der Waals surface area contributed by atoms with Crippen LogP contribution < -0.4 is 15.0 Å². The van der Waals surface area contributed by atoms with Gasteiger partial charge in [0.05, 0.1) is 17.1 Å². The van der Waals surface area contributed by atoms with E-state index in [4.69, 9.17) is 21.1 Å². The summed E-state index contributed by atoms with van der Waals surface area (Å²) in [6, 6.07) is 9.66. The third-order valence-corrected chi connectivity index (χ3v) is 6.92. The van der Waals surface area contributed by atoms with Gasteiger partial charge in [0.25, 0.3) is 0 Å². The van der Waals surface area contributed by atoms with Gasteiger partial charge in [0.15, 0.2) is 0 Å². The lowest BCUT2D eigenvalue weighted by atomic mass is 10.0. The molecular weight excluding hydrogens is 535 g/mol. The van der Waals surface area contributed by atoms with Crippen molar-refractivity contribution in [3.05, 3.63) is 53.1 Å². The third kappa shape index (κ3) is 7.29. The highest BCUT2D eigenvalue weighted by Crippen LogP contribution is 2.38. The summed E-state index contributed by atoms with van der Waals surface area (Å²) in [5, 5.41) is 3.09. The molecule has 39 heavy (non-hydrogen) atoms. The van der Waals surface area contributed by atoms with Crippen molar-refractivity contribution in [1.29, 1.82) is 0 Å². The first-order valence-electron chi connectivity index (χ1n) is 13.0. The van der Waals surface area contributed by atoms with Gasteiger partial charge >= 0.3 is 12.3 Å². The molecule has 0 bridgehead atoms. The number of hydrogen-bond acceptors (Lipinski definition) is 5. The summed E-state index contributed by atoms with van der Waals surface area (Å²) in [5.41, 5.74) is -0.772. The summed E-state index contributed by atoms with van der Waals surface area (Å²) in [7, 11) is 0. The number of para-hydroxylation sites is 1. The first-order chi connectivity index (χ1) is 18.3. The molecule has 4 rings (SSSR count). The summed E-state index contributed by atoms with van der Waals surface area (Å²) in [6.07, 6.45) is -2.65. The van der Waals surface area contributed by atoms with Gasteiger partial charge in [0, 0.05) is 30.9 Å². The van der Waals surface area contributed by atoms with Gasteiger partial charge in [-0.2, -0.15) is 13.2 Å². The molecule has 0 unspecified atom stereocenters. The first-order valence-corrected chi connectivity index (χ1v) is 13.4. The Bertz CT molecular complexity index is 1200. The monoisotopic (exact) mass is 567 g/mol. The van der Waals surface area contributed by atoms with E-state index < -0.39 is 29.5 Å². The number of nitrogens with zero attached hydrogens (tertiary/aromatic N) is 2. The van der Waals surface area contributed by atoms with Crippen LogP contribution in [0.3, 0.4) is 0 Å². The zero-order valence-electron chi connectivity index (χ0n) is 22.2. The summed E-state index contributed by atoms with van der Waals surface area (Å²) in [6.45, 7) is 6.47. The molecule has 212 valence electrons. The lowest BCUT2D eigenvalue weighted by Gasteiger charge is -2.35. The largest absolute Gasteiger partial charge is 0.487 e. The Morgan fingerprint density at radius 1 is 1.03 bits per heavy atom. The van der Waals surface area contributed by atoms with Crippen LogP contribution in [-0.4, -0.2) is 54.3 Å². The van der Waals surface area contributed by atoms with Crippen LogP contribution in [-0.2, 0) is 15.7 Å². The molecule has 1 N–H and O–H groups in total. The number of carbonyl (C=O) groups excluding carboxylic acids is 2. The van der Waals surface area contributed by atoms with Crippen molar-refractivity contribution in [2.75, 3.05) is 29.9 Å². The molecule has 2 atom stereocenters. The van der Waals surface area contributed by atoms with Gasteiger partial charge in [-0.15, -0.1) is 0 Å². The maximum atomic E-state index is 13.4. The number of piperidine rings is 1. The van der Waals surface area contributed by atoms with Gasteiger partial charge in [-0.05, 0) is 70.4 Å². The van der Waals surface area contributed by atoms with E-state index in [-0.39, 0.29) is 29.3 Å². The van der Waals surface area contributed by atoms with Gasteiger partial charge in [-0.1, -0.05) is 23.7 Å². The Morgan fingerprint density at radius 2 is 1.77 bits per heavy atom. The van der Waals surface area contributed by atoms with E-state index in [1.165, 1.54) is 17.0 Å². The van der Waals surface area contributed by atoms with Gasteiger partial charge in [-0.3, -0.25) is 9.69 Å². The fraction of sp³-hybridized carbons (Fsp3) is 0.500. The minimum Gasteiger partial charge on any atom is -0.487 e. The molecule has 2 heterocycles. The van der Waals surface area contributed by atoms with E-state index in [1.807, 2.05) is 0 Å². The van der Waals surface area contributed by atoms with Crippen LogP contribution >= 0.6 is 11.6 Å². The second-order valence-electron chi connectivity index (χ2n) is 10.8. The molecule has 0 aromatic heterocycles. The van der Waals surface area contributed by atoms with Crippen LogP contribution in [0.1, 0.15) is 52.0 Å². The van der Waals surface area contributed by atoms with Crippen molar-refractivity contribution < 1.29 is 32.2 Å². The predicted molar refractivity (Wildman–Crippen MR) is 143 cm³/mol. The zero-order valence-corrected chi connectivity index (χ0v) is 22.9. The molecule has 2 fully saturated rings. The average molecular weight is 568 g/mol. The average Bonchev–Trinajstić information content (AvgIpc) is 3.32. The Hall–Kier alpha value is -3.14. The molecule has 2 saturated heterocycles. The molecule has 2 aliphatic heterocycles. The molecule has 0 radical (unpaired) electrons. The normalized spacial score (nSPS) is 20.1. The Morgan fingerprint density at radius 3 is 2.46 bits per heavy atom. The van der Waals surface area contributed by atoms with Crippen molar-refractivity contribution in [2.45, 2.75) is 70.4 Å². The number of halogens is 4. The molecular formula is C28H33ClF3N3O4. The Balaban J connectivity index is 1.38. The highest BCUT2D eigenvalue weighted by molar-refractivity contribution is 6.32. The number of nitrogens with one attached hydrogen (secondary N) is 1. The molecule has 11 heteroatoms. The molecule has 0 saturated carbocycles. The number of carbonyl (C=O) groups is 2. The van der Waals surface area contributed by atoms with Crippen LogP contribution in [0.2, 0.25) is 5.02 Å². The highest BCUT2D eigenvalue weighted by atomic mass is 35.5. The van der Waals surface area contributed by atoms with Gasteiger partial charge in [-0.25, -0.2) is 4.79 Å². The standard InChI is InChI=1S/C28H33ClF3N3O4/c1-27(2,3)39-26(37)35-14-7-6-10-23(35)25(36)33-18-11-12-24(21(29)16-18)38-19-13-15-34(17-19)22-9-5-4-8-20(22)28(30,31)32/h4-5,8-9,11-12,16,19,23H,6-7,10,13-15,17H2,1-3H3,(H,33,36)/t19-,23+/m0/s1. The molecule has 0 spiro atoms. The Labute approximate surface area is 231 Å². The SMILES string of the molecule is CC(C)(C)OC(=O)N1CCCC[C@@H]1C(=O)Nc1ccc(O[C@H]2CCN(c3ccccc3C(F)(F)F)C2)c(Cl)c1. The van der Waals surface area contributed by atoms with E-state index in [2.05, 4.69) is 5.32 Å². The summed E-state index contributed by atoms with van der Waals surface area (Å²) < 4.78 is 51.8. The van der Waals surface area contributed by atoms with Crippen molar-refractivity contribution >= 4 is 35.0 Å². The summed E-state index contributed by atoms with van der Waals surface area (Å²) in [4.78, 5) is 28.9. The maximum Gasteiger partial charge on any atom is 0.418 e. The summed E-state index contributed by atoms with van der Waals surface area (Å²) in [5.74, 6) is 0.0405. The number of anilines is 2. The van der Waals surface area contributed by atoms with Gasteiger partial charge < -0.3 is 19.7 Å². The quantitative estimate of drug-likeness (QED) is 0.433. The van der Waals surface area contributed by atoms with Crippen LogP contribution in [0.4, 0.5) is 29.3 Å². The number of alkyl halides is 3. The number of ether oxygens (including phenoxy) is 2. The summed E-state index contributed by atoms with van der Waals surface area (Å²) >= 11 is 6.44. The topological polar surface area (TPSA) is 71.1 Å². The second kappa shape index (κ2) is 11.5.